The van der Waals surface area contributed by atoms with E-state index in [0.29, 0.717) is 22.5 Å². The van der Waals surface area contributed by atoms with E-state index in [4.69, 9.17) is 0 Å². The molecule has 0 radical (unpaired) electrons. The van der Waals surface area contributed by atoms with Crippen molar-refractivity contribution in [3.63, 3.8) is 0 Å². The second-order valence-electron chi connectivity index (χ2n) is 10.1. The maximum absolute atomic E-state index is 13.0. The van der Waals surface area contributed by atoms with Crippen LogP contribution in [0, 0.1) is 5.92 Å². The number of benzene rings is 2. The minimum atomic E-state index is -0.507. The lowest BCUT2D eigenvalue weighted by molar-refractivity contribution is 0.102. The third-order valence-electron chi connectivity index (χ3n) is 6.36. The molecule has 1 amide bonds. The Morgan fingerprint density at radius 2 is 1.68 bits per heavy atom. The highest BCUT2D eigenvalue weighted by atomic mass is 16.3. The van der Waals surface area contributed by atoms with Gasteiger partial charge in [-0.05, 0) is 40.5 Å². The highest BCUT2D eigenvalue weighted by Crippen LogP contribution is 2.42. The number of carbonyl (C=O) groups is 1. The molecule has 0 unspecified atom stereocenters. The van der Waals surface area contributed by atoms with Crippen LogP contribution in [0.5, 0.6) is 5.75 Å². The number of amides is 1. The Morgan fingerprint density at radius 3 is 2.29 bits per heavy atom. The van der Waals surface area contributed by atoms with Crippen LogP contribution in [0.1, 0.15) is 70.0 Å². The first-order valence-corrected chi connectivity index (χ1v) is 10.6. The molecule has 164 valence electrons. The lowest BCUT2D eigenvalue weighted by Crippen LogP contribution is -2.27. The summed E-state index contributed by atoms with van der Waals surface area (Å²) in [6.07, 6.45) is 1.44. The van der Waals surface area contributed by atoms with Crippen LogP contribution < -0.4 is 10.7 Å². The van der Waals surface area contributed by atoms with Crippen LogP contribution in [0.25, 0.3) is 10.9 Å². The molecule has 0 spiro atoms. The molecule has 5 nitrogen and oxygen atoms in total. The van der Waals surface area contributed by atoms with Gasteiger partial charge < -0.3 is 15.4 Å². The molecule has 31 heavy (non-hydrogen) atoms. The number of pyridine rings is 1. The summed E-state index contributed by atoms with van der Waals surface area (Å²) in [5.74, 6) is -0.0648. The number of aromatic amines is 1. The van der Waals surface area contributed by atoms with Gasteiger partial charge in [-0.3, -0.25) is 9.59 Å². The highest BCUT2D eigenvalue weighted by molar-refractivity contribution is 6.06. The van der Waals surface area contributed by atoms with Gasteiger partial charge in [-0.2, -0.15) is 0 Å². The van der Waals surface area contributed by atoms with Crippen molar-refractivity contribution in [1.29, 1.82) is 0 Å². The average molecular weight is 421 g/mol. The van der Waals surface area contributed by atoms with E-state index in [0.717, 1.165) is 11.1 Å². The van der Waals surface area contributed by atoms with Crippen LogP contribution in [0.3, 0.4) is 0 Å². The van der Waals surface area contributed by atoms with Crippen molar-refractivity contribution in [2.75, 3.05) is 5.32 Å². The zero-order valence-electron chi connectivity index (χ0n) is 19.4. The van der Waals surface area contributed by atoms with Crippen molar-refractivity contribution < 1.29 is 9.90 Å². The van der Waals surface area contributed by atoms with Crippen molar-refractivity contribution >= 4 is 22.5 Å². The molecule has 0 atom stereocenters. The number of rotatable bonds is 4. The summed E-state index contributed by atoms with van der Waals surface area (Å²) >= 11 is 0. The van der Waals surface area contributed by atoms with Gasteiger partial charge in [-0.25, -0.2) is 0 Å². The third-order valence-corrected chi connectivity index (χ3v) is 6.36. The number of phenolic OH excluding ortho intramolecular Hbond substituents is 1. The van der Waals surface area contributed by atoms with Gasteiger partial charge in [0, 0.05) is 34.4 Å². The quantitative estimate of drug-likeness (QED) is 0.505. The molecular weight excluding hydrogens is 388 g/mol. The Hall–Kier alpha value is -3.08. The molecule has 2 aromatic carbocycles. The van der Waals surface area contributed by atoms with Gasteiger partial charge >= 0.3 is 0 Å². The lowest BCUT2D eigenvalue weighted by atomic mass is 9.72. The summed E-state index contributed by atoms with van der Waals surface area (Å²) in [7, 11) is 0. The average Bonchev–Trinajstić information content (AvgIpc) is 2.67. The molecule has 0 aliphatic heterocycles. The van der Waals surface area contributed by atoms with Gasteiger partial charge in [0.2, 0.25) is 5.43 Å². The van der Waals surface area contributed by atoms with E-state index in [2.05, 4.69) is 58.8 Å². The van der Waals surface area contributed by atoms with Gasteiger partial charge in [0.15, 0.2) is 0 Å². The smallest absolute Gasteiger partial charge is 0.261 e. The first kappa shape index (κ1) is 22.6. The number of hydrogen-bond donors (Lipinski definition) is 3. The molecule has 0 saturated carbocycles. The zero-order chi connectivity index (χ0) is 23.1. The molecule has 5 heteroatoms. The summed E-state index contributed by atoms with van der Waals surface area (Å²) in [6.45, 7) is 14.6. The summed E-state index contributed by atoms with van der Waals surface area (Å²) in [5.41, 5.74) is 2.10. The highest BCUT2D eigenvalue weighted by Gasteiger charge is 2.31. The SMILES string of the molecule is CC(C)C(C)(C)c1cc(C(C)(C)C)c(NC(=O)c2c[nH]c3ccccc3c2=O)cc1O. The fourth-order valence-corrected chi connectivity index (χ4v) is 3.67. The van der Waals surface area contributed by atoms with Crippen molar-refractivity contribution in [2.24, 2.45) is 5.92 Å². The van der Waals surface area contributed by atoms with Crippen LogP contribution in [0.4, 0.5) is 5.69 Å². The summed E-state index contributed by atoms with van der Waals surface area (Å²) in [4.78, 5) is 28.9. The van der Waals surface area contributed by atoms with Crippen LogP contribution in [0.2, 0.25) is 0 Å². The summed E-state index contributed by atoms with van der Waals surface area (Å²) < 4.78 is 0. The maximum atomic E-state index is 13.0. The number of nitrogens with one attached hydrogen (secondary N) is 2. The van der Waals surface area contributed by atoms with Gasteiger partial charge in [-0.1, -0.05) is 60.6 Å². The molecular formula is C26H32N2O3. The molecule has 0 aliphatic carbocycles. The van der Waals surface area contributed by atoms with E-state index >= 15 is 0 Å². The van der Waals surface area contributed by atoms with Crippen LogP contribution >= 0.6 is 0 Å². The first-order valence-electron chi connectivity index (χ1n) is 10.6. The van der Waals surface area contributed by atoms with Crippen LogP contribution in [-0.2, 0) is 10.8 Å². The molecule has 0 fully saturated rings. The lowest BCUT2D eigenvalue weighted by Gasteiger charge is -2.33. The maximum Gasteiger partial charge on any atom is 0.261 e. The number of fused-ring (bicyclic) bond motifs is 1. The van der Waals surface area contributed by atoms with E-state index in [1.807, 2.05) is 12.1 Å². The van der Waals surface area contributed by atoms with Crippen molar-refractivity contribution in [2.45, 2.75) is 59.3 Å². The zero-order valence-corrected chi connectivity index (χ0v) is 19.4. The molecule has 0 bridgehead atoms. The van der Waals surface area contributed by atoms with Gasteiger partial charge in [0.25, 0.3) is 5.91 Å². The number of aromatic nitrogens is 1. The van der Waals surface area contributed by atoms with Crippen molar-refractivity contribution in [3.8, 4) is 5.75 Å². The summed E-state index contributed by atoms with van der Waals surface area (Å²) in [6, 6.07) is 10.7. The van der Waals surface area contributed by atoms with Crippen molar-refractivity contribution in [3.05, 3.63) is 69.5 Å². The Balaban J connectivity index is 2.09. The Labute approximate surface area is 183 Å². The van der Waals surface area contributed by atoms with Crippen molar-refractivity contribution in [1.82, 2.24) is 4.98 Å². The first-order chi connectivity index (χ1) is 14.3. The van der Waals surface area contributed by atoms with Crippen LogP contribution in [0.15, 0.2) is 47.4 Å². The number of para-hydroxylation sites is 1. The minimum absolute atomic E-state index is 0.0321. The molecule has 3 rings (SSSR count). The van der Waals surface area contributed by atoms with E-state index < -0.39 is 5.91 Å². The standard InChI is InChI=1S/C26H32N2O3/c1-15(2)26(6,7)19-12-18(25(3,4)5)21(13-22(19)29)28-24(31)17-14-27-20-11-9-8-10-16(20)23(17)30/h8-15,29H,1-7H3,(H,27,30)(H,28,31). The molecule has 1 heterocycles. The third kappa shape index (κ3) is 4.22. The number of hydrogen-bond acceptors (Lipinski definition) is 3. The predicted octanol–water partition coefficient (Wildman–Crippen LogP) is 5.72. The normalized spacial score (nSPS) is 12.4. The fourth-order valence-electron chi connectivity index (χ4n) is 3.67. The number of phenols is 1. The number of H-pyrrole nitrogens is 1. The molecule has 0 saturated heterocycles. The molecule has 3 N–H and O–H groups in total. The topological polar surface area (TPSA) is 82.2 Å². The Kier molecular flexibility index (Phi) is 5.74. The van der Waals surface area contributed by atoms with E-state index in [-0.39, 0.29) is 27.6 Å². The Morgan fingerprint density at radius 1 is 1.03 bits per heavy atom. The van der Waals surface area contributed by atoms with E-state index in [1.165, 1.54) is 6.20 Å². The number of anilines is 1. The minimum Gasteiger partial charge on any atom is -0.508 e. The molecule has 0 aliphatic rings. The van der Waals surface area contributed by atoms with E-state index in [1.54, 1.807) is 24.3 Å². The van der Waals surface area contributed by atoms with E-state index in [9.17, 15) is 14.7 Å². The van der Waals surface area contributed by atoms with Gasteiger partial charge in [-0.15, -0.1) is 0 Å². The molecule has 1 aromatic heterocycles. The van der Waals surface area contributed by atoms with Crippen LogP contribution in [-0.4, -0.2) is 16.0 Å². The molecule has 3 aromatic rings. The Bertz CT molecular complexity index is 1200. The number of carbonyl (C=O) groups excluding carboxylic acids is 1. The number of aromatic hydroxyl groups is 1. The second-order valence-corrected chi connectivity index (χ2v) is 10.1. The summed E-state index contributed by atoms with van der Waals surface area (Å²) in [5, 5.41) is 14.2. The second kappa shape index (κ2) is 7.88. The monoisotopic (exact) mass is 420 g/mol. The predicted molar refractivity (Wildman–Crippen MR) is 127 cm³/mol. The van der Waals surface area contributed by atoms with Gasteiger partial charge in [0.1, 0.15) is 11.3 Å². The largest absolute Gasteiger partial charge is 0.508 e. The van der Waals surface area contributed by atoms with Gasteiger partial charge in [0.05, 0.1) is 0 Å². The fraction of sp³-hybridized carbons (Fsp3) is 0.385.